The number of hydrogen-bond acceptors (Lipinski definition) is 4. The fourth-order valence-electron chi connectivity index (χ4n) is 4.07. The number of carbonyl (C=O) groups is 1. The van der Waals surface area contributed by atoms with Crippen molar-refractivity contribution in [3.8, 4) is 5.75 Å². The molecule has 0 aliphatic carbocycles. The van der Waals surface area contributed by atoms with Crippen LogP contribution in [0.25, 0.3) is 0 Å². The normalized spacial score (nSPS) is 19.4. The number of rotatable bonds is 4. The summed E-state index contributed by atoms with van der Waals surface area (Å²) >= 11 is 0. The highest BCUT2D eigenvalue weighted by atomic mass is 16.5. The molecule has 1 fully saturated rings. The van der Waals surface area contributed by atoms with E-state index in [2.05, 4.69) is 41.1 Å². The van der Waals surface area contributed by atoms with Gasteiger partial charge in [0, 0.05) is 45.2 Å². The number of likely N-dealkylation sites (tertiary alicyclic amines) is 1. The van der Waals surface area contributed by atoms with Crippen molar-refractivity contribution in [2.75, 3.05) is 19.6 Å². The Labute approximate surface area is 161 Å². The van der Waals surface area contributed by atoms with E-state index in [9.17, 15) is 4.79 Å². The summed E-state index contributed by atoms with van der Waals surface area (Å²) in [6.45, 7) is 5.39. The number of hydrogen-bond donors (Lipinski definition) is 0. The quantitative estimate of drug-likeness (QED) is 0.836. The minimum absolute atomic E-state index is 0.0749. The van der Waals surface area contributed by atoms with Crippen molar-refractivity contribution in [2.45, 2.75) is 44.9 Å². The summed E-state index contributed by atoms with van der Waals surface area (Å²) in [6.07, 6.45) is 6.42. The lowest BCUT2D eigenvalue weighted by molar-refractivity contribution is -0.138. The van der Waals surface area contributed by atoms with Crippen molar-refractivity contribution in [1.29, 1.82) is 0 Å². The summed E-state index contributed by atoms with van der Waals surface area (Å²) in [5, 5.41) is 0. The van der Waals surface area contributed by atoms with Gasteiger partial charge in [0.15, 0.2) is 0 Å². The van der Waals surface area contributed by atoms with Gasteiger partial charge in [-0.2, -0.15) is 0 Å². The first-order valence-electron chi connectivity index (χ1n) is 9.87. The van der Waals surface area contributed by atoms with Crippen LogP contribution in [-0.4, -0.2) is 52.5 Å². The molecule has 1 atom stereocenters. The molecule has 0 saturated carbocycles. The monoisotopic (exact) mass is 365 g/mol. The smallest absolute Gasteiger partial charge is 0.239 e. The maximum Gasteiger partial charge on any atom is 0.239 e. The lowest BCUT2D eigenvalue weighted by atomic mass is 9.98. The van der Waals surface area contributed by atoms with Crippen LogP contribution < -0.4 is 4.74 Å². The SMILES string of the molecule is C[C@H](C(=O)N1CCC(Oc2cccnc2)CC1)N1CCc2ccccc2C1. The third-order valence-corrected chi connectivity index (χ3v) is 5.76. The highest BCUT2D eigenvalue weighted by Crippen LogP contribution is 2.23. The summed E-state index contributed by atoms with van der Waals surface area (Å²) in [5.74, 6) is 1.05. The molecule has 0 spiro atoms. The van der Waals surface area contributed by atoms with Crippen LogP contribution in [0.4, 0.5) is 0 Å². The first-order valence-corrected chi connectivity index (χ1v) is 9.87. The number of benzene rings is 1. The second-order valence-electron chi connectivity index (χ2n) is 7.50. The van der Waals surface area contributed by atoms with Gasteiger partial charge in [-0.05, 0) is 36.6 Å². The number of amides is 1. The molecule has 2 aliphatic heterocycles. The van der Waals surface area contributed by atoms with E-state index in [0.717, 1.165) is 51.2 Å². The van der Waals surface area contributed by atoms with Crippen molar-refractivity contribution < 1.29 is 9.53 Å². The number of ether oxygens (including phenoxy) is 1. The highest BCUT2D eigenvalue weighted by molar-refractivity contribution is 5.81. The molecule has 5 nitrogen and oxygen atoms in total. The minimum atomic E-state index is -0.0749. The van der Waals surface area contributed by atoms with Crippen LogP contribution in [0.2, 0.25) is 0 Å². The lowest BCUT2D eigenvalue weighted by Crippen LogP contribution is -2.51. The zero-order valence-corrected chi connectivity index (χ0v) is 15.9. The van der Waals surface area contributed by atoms with Crippen LogP contribution in [0, 0.1) is 0 Å². The summed E-state index contributed by atoms with van der Waals surface area (Å²) in [4.78, 5) is 21.4. The fraction of sp³-hybridized carbons (Fsp3) is 0.455. The second kappa shape index (κ2) is 8.09. The molecular formula is C22H27N3O2. The molecule has 1 amide bonds. The molecule has 27 heavy (non-hydrogen) atoms. The number of aromatic nitrogens is 1. The molecule has 2 aromatic rings. The number of piperidine rings is 1. The molecule has 2 aliphatic rings. The van der Waals surface area contributed by atoms with Crippen LogP contribution in [0.1, 0.15) is 30.9 Å². The average Bonchev–Trinajstić information content (AvgIpc) is 2.73. The third kappa shape index (κ3) is 4.14. The third-order valence-electron chi connectivity index (χ3n) is 5.76. The Balaban J connectivity index is 1.30. The predicted molar refractivity (Wildman–Crippen MR) is 104 cm³/mol. The number of fused-ring (bicyclic) bond motifs is 1. The molecule has 0 unspecified atom stereocenters. The van der Waals surface area contributed by atoms with Gasteiger partial charge in [0.25, 0.3) is 0 Å². The predicted octanol–water partition coefficient (Wildman–Crippen LogP) is 2.90. The van der Waals surface area contributed by atoms with Crippen LogP contribution in [0.15, 0.2) is 48.8 Å². The molecule has 1 aromatic carbocycles. The van der Waals surface area contributed by atoms with Crippen LogP contribution in [-0.2, 0) is 17.8 Å². The molecule has 3 heterocycles. The van der Waals surface area contributed by atoms with Gasteiger partial charge < -0.3 is 9.64 Å². The van der Waals surface area contributed by atoms with E-state index >= 15 is 0 Å². The standard InChI is InChI=1S/C22H27N3O2/c1-17(25-12-8-18-5-2-3-6-19(18)16-25)22(26)24-13-9-20(10-14-24)27-21-7-4-11-23-15-21/h2-7,11,15,17,20H,8-10,12-14,16H2,1H3/t17-/m1/s1. The summed E-state index contributed by atoms with van der Waals surface area (Å²) in [5.41, 5.74) is 2.77. The summed E-state index contributed by atoms with van der Waals surface area (Å²) < 4.78 is 5.99. The Hall–Kier alpha value is -2.40. The minimum Gasteiger partial charge on any atom is -0.489 e. The molecule has 0 bridgehead atoms. The Kier molecular flexibility index (Phi) is 5.39. The Morgan fingerprint density at radius 1 is 1.11 bits per heavy atom. The highest BCUT2D eigenvalue weighted by Gasteiger charge is 2.31. The topological polar surface area (TPSA) is 45.7 Å². The van der Waals surface area contributed by atoms with Gasteiger partial charge in [0.05, 0.1) is 12.2 Å². The van der Waals surface area contributed by atoms with Gasteiger partial charge in [0.1, 0.15) is 11.9 Å². The van der Waals surface area contributed by atoms with E-state index in [0.29, 0.717) is 0 Å². The van der Waals surface area contributed by atoms with Crippen LogP contribution in [0.3, 0.4) is 0 Å². The first-order chi connectivity index (χ1) is 13.2. The first kappa shape index (κ1) is 18.0. The largest absolute Gasteiger partial charge is 0.489 e. The van der Waals surface area contributed by atoms with Crippen molar-refractivity contribution in [3.63, 3.8) is 0 Å². The van der Waals surface area contributed by atoms with Crippen molar-refractivity contribution >= 4 is 5.91 Å². The number of pyridine rings is 1. The van der Waals surface area contributed by atoms with Gasteiger partial charge in [0.2, 0.25) is 5.91 Å². The zero-order valence-electron chi connectivity index (χ0n) is 15.9. The summed E-state index contributed by atoms with van der Waals surface area (Å²) in [6, 6.07) is 12.3. The van der Waals surface area contributed by atoms with E-state index in [4.69, 9.17) is 4.74 Å². The van der Waals surface area contributed by atoms with Gasteiger partial charge in [-0.15, -0.1) is 0 Å². The second-order valence-corrected chi connectivity index (χ2v) is 7.50. The van der Waals surface area contributed by atoms with E-state index < -0.39 is 0 Å². The van der Waals surface area contributed by atoms with Crippen molar-refractivity contribution in [3.05, 3.63) is 59.9 Å². The van der Waals surface area contributed by atoms with E-state index in [1.54, 1.807) is 12.4 Å². The van der Waals surface area contributed by atoms with Crippen LogP contribution in [0.5, 0.6) is 5.75 Å². The van der Waals surface area contributed by atoms with Gasteiger partial charge in [-0.1, -0.05) is 24.3 Å². The van der Waals surface area contributed by atoms with Gasteiger partial charge in [-0.3, -0.25) is 14.7 Å². The zero-order chi connectivity index (χ0) is 18.6. The molecule has 4 rings (SSSR count). The molecular weight excluding hydrogens is 338 g/mol. The Bertz CT molecular complexity index is 772. The fourth-order valence-corrected chi connectivity index (χ4v) is 4.07. The maximum absolute atomic E-state index is 13.0. The van der Waals surface area contributed by atoms with Gasteiger partial charge >= 0.3 is 0 Å². The molecule has 1 saturated heterocycles. The van der Waals surface area contributed by atoms with E-state index in [-0.39, 0.29) is 18.1 Å². The van der Waals surface area contributed by atoms with Crippen LogP contribution >= 0.6 is 0 Å². The molecule has 5 heteroatoms. The molecule has 0 N–H and O–H groups in total. The van der Waals surface area contributed by atoms with Crippen molar-refractivity contribution in [1.82, 2.24) is 14.8 Å². The summed E-state index contributed by atoms with van der Waals surface area (Å²) in [7, 11) is 0. The number of nitrogens with zero attached hydrogens (tertiary/aromatic N) is 3. The number of carbonyl (C=O) groups excluding carboxylic acids is 1. The lowest BCUT2D eigenvalue weighted by Gasteiger charge is -2.38. The molecule has 142 valence electrons. The Morgan fingerprint density at radius 2 is 1.89 bits per heavy atom. The van der Waals surface area contributed by atoms with Crippen molar-refractivity contribution in [2.24, 2.45) is 0 Å². The van der Waals surface area contributed by atoms with E-state index in [1.807, 2.05) is 17.0 Å². The van der Waals surface area contributed by atoms with E-state index in [1.165, 1.54) is 11.1 Å². The van der Waals surface area contributed by atoms with Gasteiger partial charge in [-0.25, -0.2) is 0 Å². The molecule has 1 aromatic heterocycles. The molecule has 0 radical (unpaired) electrons. The Morgan fingerprint density at radius 3 is 2.63 bits per heavy atom. The average molecular weight is 365 g/mol. The maximum atomic E-state index is 13.0.